The van der Waals surface area contributed by atoms with Crippen molar-refractivity contribution >= 4 is 41.7 Å². The van der Waals surface area contributed by atoms with Crippen LogP contribution in [0.15, 0.2) is 42.7 Å². The van der Waals surface area contributed by atoms with E-state index in [1.807, 2.05) is 22.4 Å². The third kappa shape index (κ3) is 3.71. The molecule has 3 aromatic heterocycles. The summed E-state index contributed by atoms with van der Waals surface area (Å²) in [6.45, 7) is 17.5. The summed E-state index contributed by atoms with van der Waals surface area (Å²) in [5.74, 6) is 0.0477. The molecule has 1 saturated heterocycles. The molecule has 5 rings (SSSR count). The Morgan fingerprint density at radius 1 is 1.28 bits per heavy atom. The van der Waals surface area contributed by atoms with E-state index in [1.165, 1.54) is 5.57 Å². The number of thiazole rings is 1. The van der Waals surface area contributed by atoms with Crippen molar-refractivity contribution in [1.29, 1.82) is 0 Å². The molecule has 0 radical (unpaired) electrons. The third-order valence-corrected chi connectivity index (χ3v) is 14.0. The number of allylic oxidation sites excluding steroid dienone is 1. The fraction of sp³-hybridized carbons (Fsp3) is 0.481. The number of pyridine rings is 1. The van der Waals surface area contributed by atoms with Crippen molar-refractivity contribution in [3.05, 3.63) is 58.9 Å². The first-order chi connectivity index (χ1) is 16.8. The molecule has 0 aliphatic carbocycles. The summed E-state index contributed by atoms with van der Waals surface area (Å²) in [7, 11) is -1.99. The monoisotopic (exact) mass is 522 g/mol. The predicted octanol–water partition coefficient (Wildman–Crippen LogP) is 5.64. The van der Waals surface area contributed by atoms with Gasteiger partial charge in [-0.25, -0.2) is 4.98 Å². The van der Waals surface area contributed by atoms with E-state index >= 15 is 0 Å². The Morgan fingerprint density at radius 3 is 2.64 bits per heavy atom. The first-order valence-corrected chi connectivity index (χ1v) is 16.2. The maximum absolute atomic E-state index is 13.3. The summed E-state index contributed by atoms with van der Waals surface area (Å²) in [4.78, 5) is 38.7. The van der Waals surface area contributed by atoms with Crippen LogP contribution >= 0.6 is 11.3 Å². The predicted molar refractivity (Wildman–Crippen MR) is 144 cm³/mol. The Labute approximate surface area is 217 Å². The first kappa shape index (κ1) is 25.0. The van der Waals surface area contributed by atoms with Gasteiger partial charge in [-0.1, -0.05) is 27.7 Å². The molecule has 1 amide bonds. The number of fused-ring (bicyclic) bond motifs is 2. The Balaban J connectivity index is 1.43. The van der Waals surface area contributed by atoms with Crippen LogP contribution in [0.4, 0.5) is 0 Å². The minimum absolute atomic E-state index is 0.0894. The van der Waals surface area contributed by atoms with E-state index in [1.54, 1.807) is 42.2 Å². The number of hydrogen-bond donors (Lipinski definition) is 0. The fourth-order valence-corrected chi connectivity index (χ4v) is 8.09. The summed E-state index contributed by atoms with van der Waals surface area (Å²) in [6.07, 6.45) is 6.81. The minimum atomic E-state index is -1.99. The molecule has 190 valence electrons. The van der Waals surface area contributed by atoms with Crippen LogP contribution in [-0.4, -0.2) is 51.4 Å². The van der Waals surface area contributed by atoms with E-state index < -0.39 is 8.32 Å². The second-order valence-corrected chi connectivity index (χ2v) is 17.4. The zero-order chi connectivity index (χ0) is 26.2. The molecule has 36 heavy (non-hydrogen) atoms. The molecule has 4 atom stereocenters. The van der Waals surface area contributed by atoms with Crippen LogP contribution in [-0.2, 0) is 9.22 Å². The van der Waals surface area contributed by atoms with Crippen molar-refractivity contribution in [2.45, 2.75) is 71.8 Å². The van der Waals surface area contributed by atoms with E-state index in [9.17, 15) is 9.59 Å². The first-order valence-electron chi connectivity index (χ1n) is 12.5. The number of carbonyl (C=O) groups is 2. The quantitative estimate of drug-likeness (QED) is 0.238. The number of aromatic nitrogens is 3. The van der Waals surface area contributed by atoms with Crippen molar-refractivity contribution in [2.75, 3.05) is 0 Å². The van der Waals surface area contributed by atoms with E-state index in [2.05, 4.69) is 57.7 Å². The normalized spacial score (nSPS) is 23.3. The van der Waals surface area contributed by atoms with Crippen LogP contribution < -0.4 is 0 Å². The Morgan fingerprint density at radius 2 is 2.00 bits per heavy atom. The lowest BCUT2D eigenvalue weighted by Crippen LogP contribution is -2.64. The van der Waals surface area contributed by atoms with E-state index in [4.69, 9.17) is 4.43 Å². The second kappa shape index (κ2) is 8.46. The highest BCUT2D eigenvalue weighted by atomic mass is 32.1. The maximum Gasteiger partial charge on any atom is 0.234 e. The van der Waals surface area contributed by atoms with Crippen LogP contribution in [0.25, 0.3) is 10.4 Å². The van der Waals surface area contributed by atoms with Gasteiger partial charge in [0.05, 0.1) is 22.9 Å². The molecule has 2 aliphatic rings. The summed E-state index contributed by atoms with van der Waals surface area (Å²) >= 11 is 1.55. The molecule has 3 aromatic rings. The molecule has 2 aliphatic heterocycles. The zero-order valence-electron chi connectivity index (χ0n) is 22.2. The van der Waals surface area contributed by atoms with Crippen LogP contribution in [0.2, 0.25) is 18.1 Å². The van der Waals surface area contributed by atoms with Crippen LogP contribution in [0.1, 0.15) is 62.5 Å². The Hall–Kier alpha value is -2.62. The van der Waals surface area contributed by atoms with Crippen molar-refractivity contribution in [1.82, 2.24) is 19.3 Å². The summed E-state index contributed by atoms with van der Waals surface area (Å²) in [5.41, 5.74) is 3.12. The number of amides is 1. The summed E-state index contributed by atoms with van der Waals surface area (Å²) in [5, 5.41) is 0.0894. The molecule has 1 fully saturated rings. The largest absolute Gasteiger partial charge is 0.413 e. The van der Waals surface area contributed by atoms with Gasteiger partial charge in [-0.05, 0) is 49.7 Å². The fourth-order valence-electron chi connectivity index (χ4n) is 5.40. The Bertz CT molecular complexity index is 1380. The molecule has 1 unspecified atom stereocenters. The van der Waals surface area contributed by atoms with Crippen molar-refractivity contribution in [3.8, 4) is 0 Å². The molecular weight excluding hydrogens is 488 g/mol. The van der Waals surface area contributed by atoms with Gasteiger partial charge in [0.1, 0.15) is 16.9 Å². The molecular formula is C27H34N4O3SSi. The van der Waals surface area contributed by atoms with Crippen LogP contribution in [0.3, 0.4) is 0 Å². The number of ketones is 1. The van der Waals surface area contributed by atoms with Crippen LogP contribution in [0.5, 0.6) is 0 Å². The van der Waals surface area contributed by atoms with Crippen LogP contribution in [0, 0.1) is 11.8 Å². The summed E-state index contributed by atoms with van der Waals surface area (Å²) < 4.78 is 8.56. The zero-order valence-corrected chi connectivity index (χ0v) is 24.0. The molecule has 0 saturated carbocycles. The number of β-lactam (4-membered cyclic amide) rings is 1. The lowest BCUT2D eigenvalue weighted by Gasteiger charge is -2.50. The van der Waals surface area contributed by atoms with Gasteiger partial charge in [0.2, 0.25) is 11.7 Å². The second-order valence-electron chi connectivity index (χ2n) is 11.6. The number of carbonyl (C=O) groups excluding carboxylic acids is 2. The molecule has 7 nitrogen and oxygen atoms in total. The molecule has 0 bridgehead atoms. The van der Waals surface area contributed by atoms with E-state index in [-0.39, 0.29) is 40.7 Å². The van der Waals surface area contributed by atoms with Gasteiger partial charge in [-0.2, -0.15) is 0 Å². The van der Waals surface area contributed by atoms with E-state index in [0.717, 1.165) is 15.4 Å². The van der Waals surface area contributed by atoms with Gasteiger partial charge in [0, 0.05) is 35.8 Å². The number of nitrogens with zero attached hydrogens (tertiary/aromatic N) is 4. The smallest absolute Gasteiger partial charge is 0.234 e. The lowest BCUT2D eigenvalue weighted by molar-refractivity contribution is -0.158. The summed E-state index contributed by atoms with van der Waals surface area (Å²) in [6, 6.07) is 3.61. The molecule has 0 spiro atoms. The molecule has 0 aromatic carbocycles. The third-order valence-electron chi connectivity index (χ3n) is 8.32. The van der Waals surface area contributed by atoms with E-state index in [0.29, 0.717) is 11.3 Å². The highest BCUT2D eigenvalue weighted by Gasteiger charge is 2.59. The highest BCUT2D eigenvalue weighted by molar-refractivity contribution is 7.18. The number of rotatable bonds is 6. The standard InChI is InChI=1S/C27H34N4O3SSi/c1-15-20(16(2)31-23(15)21(25(31)33)17(3)34-36(7,8)27(4,5)6)19-13-30-14-29-22(26(30)35-19)24(32)18-10-9-11-28-12-18/h9-15,17,21,23H,1-8H3/t15-,17?,21+,23+/m0/s1. The van der Waals surface area contributed by atoms with Gasteiger partial charge < -0.3 is 9.33 Å². The van der Waals surface area contributed by atoms with Gasteiger partial charge in [-0.15, -0.1) is 11.3 Å². The molecule has 5 heterocycles. The SMILES string of the molecule is CC1=C(c2cn3cnc(C(=O)c4cccnc4)c3s2)[C@H](C)[C@@H]2[C@@H](C(C)O[Si](C)(C)C(C)(C)C)C(=O)N12. The van der Waals surface area contributed by atoms with Gasteiger partial charge in [0.25, 0.3) is 0 Å². The van der Waals surface area contributed by atoms with Crippen molar-refractivity contribution in [2.24, 2.45) is 11.8 Å². The molecule has 9 heteroatoms. The maximum atomic E-state index is 13.3. The van der Waals surface area contributed by atoms with Gasteiger partial charge >= 0.3 is 0 Å². The Kier molecular flexibility index (Phi) is 5.89. The molecule has 0 N–H and O–H groups in total. The van der Waals surface area contributed by atoms with Gasteiger partial charge in [-0.3, -0.25) is 19.0 Å². The average Bonchev–Trinajstić information content (AvgIpc) is 3.42. The van der Waals surface area contributed by atoms with Gasteiger partial charge in [0.15, 0.2) is 8.32 Å². The van der Waals surface area contributed by atoms with Crippen molar-refractivity contribution < 1.29 is 14.0 Å². The van der Waals surface area contributed by atoms with Crippen molar-refractivity contribution in [3.63, 3.8) is 0 Å². The lowest BCUT2D eigenvalue weighted by atomic mass is 9.77. The topological polar surface area (TPSA) is 76.8 Å². The average molecular weight is 523 g/mol. The highest BCUT2D eigenvalue weighted by Crippen LogP contribution is 2.52. The number of imidazole rings is 1. The minimum Gasteiger partial charge on any atom is -0.413 e. The number of hydrogen-bond acceptors (Lipinski definition) is 6.